The van der Waals surface area contributed by atoms with Gasteiger partial charge in [0.2, 0.25) is 5.95 Å². The van der Waals surface area contributed by atoms with E-state index >= 15 is 0 Å². The molecule has 1 aliphatic rings. The lowest BCUT2D eigenvalue weighted by atomic mass is 9.95. The molecule has 0 fully saturated rings. The Kier molecular flexibility index (Phi) is 4.37. The average molecular weight is 381 g/mol. The van der Waals surface area contributed by atoms with E-state index in [1.807, 2.05) is 56.3 Å². The fourth-order valence-electron chi connectivity index (χ4n) is 3.21. The molecule has 8 heteroatoms. The molecule has 0 saturated heterocycles. The number of fused-ring (bicyclic) bond motifs is 1. The molecule has 1 amide bonds. The molecule has 1 unspecified atom stereocenters. The zero-order chi connectivity index (χ0) is 19.0. The predicted molar refractivity (Wildman–Crippen MR) is 104 cm³/mol. The van der Waals surface area contributed by atoms with Crippen molar-refractivity contribution in [2.45, 2.75) is 19.9 Å². The number of benzene rings is 2. The van der Waals surface area contributed by atoms with Crippen LogP contribution in [0.25, 0.3) is 0 Å². The molecule has 0 saturated carbocycles. The second-order valence-electron chi connectivity index (χ2n) is 6.39. The van der Waals surface area contributed by atoms with Crippen LogP contribution in [0.4, 0.5) is 11.6 Å². The van der Waals surface area contributed by atoms with Crippen LogP contribution in [0.5, 0.6) is 0 Å². The molecule has 1 aromatic heterocycles. The molecule has 0 radical (unpaired) electrons. The highest BCUT2D eigenvalue weighted by Gasteiger charge is 2.34. The number of tetrazole rings is 1. The minimum Gasteiger partial charge on any atom is -0.326 e. The minimum absolute atomic E-state index is 0.225. The molecule has 0 spiro atoms. The number of allylic oxidation sites excluding steroid dienone is 1. The molecule has 2 N–H and O–H groups in total. The number of carbonyl (C=O) groups is 1. The SMILES string of the molecule is CC1=C(C(=O)Nc2cccc(C)c2)C(c2cccc(Cl)c2)n2nnnc2N1. The Morgan fingerprint density at radius 1 is 1.19 bits per heavy atom. The van der Waals surface area contributed by atoms with Crippen LogP contribution in [-0.4, -0.2) is 26.1 Å². The fraction of sp³-hybridized carbons (Fsp3) is 0.158. The molecular weight excluding hydrogens is 364 g/mol. The van der Waals surface area contributed by atoms with Gasteiger partial charge >= 0.3 is 0 Å². The summed E-state index contributed by atoms with van der Waals surface area (Å²) in [5, 5.41) is 18.4. The number of hydrogen-bond acceptors (Lipinski definition) is 5. The van der Waals surface area contributed by atoms with Gasteiger partial charge in [-0.15, -0.1) is 0 Å². The quantitative estimate of drug-likeness (QED) is 0.725. The molecule has 27 heavy (non-hydrogen) atoms. The molecule has 1 atom stereocenters. The number of hydrogen-bond donors (Lipinski definition) is 2. The van der Waals surface area contributed by atoms with Crippen LogP contribution < -0.4 is 10.6 Å². The van der Waals surface area contributed by atoms with Crippen LogP contribution in [0.1, 0.15) is 24.1 Å². The zero-order valence-corrected chi connectivity index (χ0v) is 15.5. The number of aryl methyl sites for hydroxylation is 1. The first-order chi connectivity index (χ1) is 13.0. The van der Waals surface area contributed by atoms with E-state index < -0.39 is 6.04 Å². The van der Waals surface area contributed by atoms with Gasteiger partial charge < -0.3 is 10.6 Å². The molecule has 2 heterocycles. The Morgan fingerprint density at radius 2 is 2.00 bits per heavy atom. The van der Waals surface area contributed by atoms with E-state index in [0.29, 0.717) is 22.2 Å². The second-order valence-corrected chi connectivity index (χ2v) is 6.83. The maximum absolute atomic E-state index is 13.2. The van der Waals surface area contributed by atoms with Gasteiger partial charge in [-0.3, -0.25) is 4.79 Å². The standard InChI is InChI=1S/C19H17ClN6O/c1-11-5-3-8-15(9-11)22-18(27)16-12(2)21-19-23-24-25-26(19)17(16)13-6-4-7-14(20)10-13/h3-10,17H,1-2H3,(H,22,27)(H,21,23,25). The first-order valence-electron chi connectivity index (χ1n) is 8.42. The summed E-state index contributed by atoms with van der Waals surface area (Å²) < 4.78 is 1.59. The van der Waals surface area contributed by atoms with Crippen LogP contribution in [0.15, 0.2) is 59.8 Å². The summed E-state index contributed by atoms with van der Waals surface area (Å²) in [7, 11) is 0. The number of nitrogens with one attached hydrogen (secondary N) is 2. The summed E-state index contributed by atoms with van der Waals surface area (Å²) in [6.45, 7) is 3.81. The van der Waals surface area contributed by atoms with E-state index in [1.54, 1.807) is 10.7 Å². The first kappa shape index (κ1) is 17.2. The van der Waals surface area contributed by atoms with Crippen molar-refractivity contribution >= 4 is 29.1 Å². The fourth-order valence-corrected chi connectivity index (χ4v) is 3.41. The zero-order valence-electron chi connectivity index (χ0n) is 14.8. The van der Waals surface area contributed by atoms with Crippen molar-refractivity contribution in [2.24, 2.45) is 0 Å². The van der Waals surface area contributed by atoms with Gasteiger partial charge in [0.15, 0.2) is 0 Å². The first-order valence-corrected chi connectivity index (χ1v) is 8.80. The number of rotatable bonds is 3. The number of halogens is 1. The van der Waals surface area contributed by atoms with Crippen LogP contribution in [0, 0.1) is 6.92 Å². The van der Waals surface area contributed by atoms with Gasteiger partial charge in [0.1, 0.15) is 6.04 Å². The highest BCUT2D eigenvalue weighted by molar-refractivity contribution is 6.30. The normalized spacial score (nSPS) is 15.9. The van der Waals surface area contributed by atoms with Crippen LogP contribution in [0.3, 0.4) is 0 Å². The molecule has 1 aliphatic heterocycles. The van der Waals surface area contributed by atoms with E-state index in [1.165, 1.54) is 0 Å². The van der Waals surface area contributed by atoms with Gasteiger partial charge in [-0.25, -0.2) is 0 Å². The summed E-state index contributed by atoms with van der Waals surface area (Å²) in [6, 6.07) is 14.5. The van der Waals surface area contributed by atoms with Gasteiger partial charge in [0.05, 0.1) is 5.57 Å². The smallest absolute Gasteiger partial charge is 0.255 e. The van der Waals surface area contributed by atoms with Crippen LogP contribution in [0.2, 0.25) is 5.02 Å². The van der Waals surface area contributed by atoms with Gasteiger partial charge in [0.25, 0.3) is 5.91 Å². The third kappa shape index (κ3) is 3.29. The Morgan fingerprint density at radius 3 is 2.78 bits per heavy atom. The molecule has 2 aromatic carbocycles. The molecule has 0 bridgehead atoms. The van der Waals surface area contributed by atoms with Crippen molar-refractivity contribution in [3.05, 3.63) is 76.0 Å². The molecule has 3 aromatic rings. The third-order valence-corrected chi connectivity index (χ3v) is 4.63. The number of amides is 1. The van der Waals surface area contributed by atoms with E-state index in [4.69, 9.17) is 11.6 Å². The Hall–Kier alpha value is -3.19. The van der Waals surface area contributed by atoms with Crippen molar-refractivity contribution in [3.8, 4) is 0 Å². The summed E-state index contributed by atoms with van der Waals surface area (Å²) in [6.07, 6.45) is 0. The van der Waals surface area contributed by atoms with Crippen molar-refractivity contribution in [2.75, 3.05) is 10.6 Å². The van der Waals surface area contributed by atoms with Crippen LogP contribution >= 0.6 is 11.6 Å². The van der Waals surface area contributed by atoms with Gasteiger partial charge in [0, 0.05) is 16.4 Å². The summed E-state index contributed by atoms with van der Waals surface area (Å²) in [5.74, 6) is 0.251. The van der Waals surface area contributed by atoms with Crippen molar-refractivity contribution in [3.63, 3.8) is 0 Å². The maximum Gasteiger partial charge on any atom is 0.255 e. The average Bonchev–Trinajstić information content (AvgIpc) is 3.08. The van der Waals surface area contributed by atoms with Crippen molar-refractivity contribution in [1.29, 1.82) is 0 Å². The van der Waals surface area contributed by atoms with Gasteiger partial charge in [-0.05, 0) is 59.7 Å². The monoisotopic (exact) mass is 380 g/mol. The third-order valence-electron chi connectivity index (χ3n) is 4.40. The Balaban J connectivity index is 1.77. The molecular formula is C19H17ClN6O. The van der Waals surface area contributed by atoms with E-state index in [-0.39, 0.29) is 5.91 Å². The minimum atomic E-state index is -0.486. The summed E-state index contributed by atoms with van der Waals surface area (Å²) in [5.41, 5.74) is 3.83. The van der Waals surface area contributed by atoms with E-state index in [9.17, 15) is 4.79 Å². The van der Waals surface area contributed by atoms with E-state index in [0.717, 1.165) is 16.8 Å². The predicted octanol–water partition coefficient (Wildman–Crippen LogP) is 3.56. The van der Waals surface area contributed by atoms with Crippen LogP contribution in [-0.2, 0) is 4.79 Å². The Labute approximate surface area is 161 Å². The lowest BCUT2D eigenvalue weighted by Gasteiger charge is -2.28. The van der Waals surface area contributed by atoms with Crippen molar-refractivity contribution in [1.82, 2.24) is 20.2 Å². The lowest BCUT2D eigenvalue weighted by molar-refractivity contribution is -0.113. The largest absolute Gasteiger partial charge is 0.326 e. The number of carbonyl (C=O) groups excluding carboxylic acids is 1. The lowest BCUT2D eigenvalue weighted by Crippen LogP contribution is -2.31. The highest BCUT2D eigenvalue weighted by Crippen LogP contribution is 2.35. The summed E-state index contributed by atoms with van der Waals surface area (Å²) in [4.78, 5) is 13.2. The highest BCUT2D eigenvalue weighted by atomic mass is 35.5. The maximum atomic E-state index is 13.2. The molecule has 4 rings (SSSR count). The Bertz CT molecular complexity index is 1060. The number of anilines is 2. The second kappa shape index (κ2) is 6.85. The molecule has 136 valence electrons. The van der Waals surface area contributed by atoms with Crippen molar-refractivity contribution < 1.29 is 4.79 Å². The molecule has 0 aliphatic carbocycles. The topological polar surface area (TPSA) is 84.7 Å². The van der Waals surface area contributed by atoms with Gasteiger partial charge in [-0.2, -0.15) is 4.68 Å². The number of aromatic nitrogens is 4. The number of nitrogens with zero attached hydrogens (tertiary/aromatic N) is 4. The van der Waals surface area contributed by atoms with E-state index in [2.05, 4.69) is 26.2 Å². The van der Waals surface area contributed by atoms with Gasteiger partial charge in [-0.1, -0.05) is 41.0 Å². The summed E-state index contributed by atoms with van der Waals surface area (Å²) >= 11 is 6.18. The molecule has 7 nitrogen and oxygen atoms in total.